The van der Waals surface area contributed by atoms with Gasteiger partial charge in [-0.2, -0.15) is 0 Å². The first-order valence-corrected chi connectivity index (χ1v) is 7.10. The van der Waals surface area contributed by atoms with Crippen LogP contribution in [0.2, 0.25) is 0 Å². The lowest BCUT2D eigenvalue weighted by Crippen LogP contribution is -2.21. The van der Waals surface area contributed by atoms with Crippen molar-refractivity contribution in [3.8, 4) is 11.3 Å². The Morgan fingerprint density at radius 3 is 3.05 bits per heavy atom. The number of hydrogen-bond acceptors (Lipinski definition) is 5. The van der Waals surface area contributed by atoms with E-state index in [0.29, 0.717) is 19.8 Å². The zero-order chi connectivity index (χ0) is 13.9. The molecule has 1 fully saturated rings. The minimum Gasteiger partial charge on any atom is -0.478 e. The first-order chi connectivity index (χ1) is 9.74. The van der Waals surface area contributed by atoms with Crippen molar-refractivity contribution >= 4 is 17.3 Å². The molecule has 5 nitrogen and oxygen atoms in total. The Morgan fingerprint density at radius 2 is 2.30 bits per heavy atom. The number of aromatic carboxylic acids is 1. The first-order valence-electron chi connectivity index (χ1n) is 6.22. The van der Waals surface area contributed by atoms with Crippen LogP contribution in [0.3, 0.4) is 0 Å². The lowest BCUT2D eigenvalue weighted by Gasteiger charge is -2.20. The summed E-state index contributed by atoms with van der Waals surface area (Å²) in [5, 5.41) is 11.8. The fourth-order valence-corrected chi connectivity index (χ4v) is 2.87. The summed E-state index contributed by atoms with van der Waals surface area (Å²) in [7, 11) is 0. The normalized spacial score (nSPS) is 18.9. The van der Waals surface area contributed by atoms with E-state index in [0.717, 1.165) is 16.3 Å². The first kappa shape index (κ1) is 13.2. The van der Waals surface area contributed by atoms with Gasteiger partial charge < -0.3 is 14.6 Å². The van der Waals surface area contributed by atoms with Crippen LogP contribution < -0.4 is 0 Å². The van der Waals surface area contributed by atoms with Gasteiger partial charge in [0.05, 0.1) is 31.1 Å². The fourth-order valence-electron chi connectivity index (χ4n) is 2.01. The van der Waals surface area contributed by atoms with Crippen LogP contribution in [-0.4, -0.2) is 35.9 Å². The molecule has 0 bridgehead atoms. The third-order valence-electron chi connectivity index (χ3n) is 3.02. The highest BCUT2D eigenvalue weighted by Gasteiger charge is 2.20. The molecule has 0 aliphatic carbocycles. The third-order valence-corrected chi connectivity index (χ3v) is 3.96. The number of carboxylic acid groups (broad SMARTS) is 1. The summed E-state index contributed by atoms with van der Waals surface area (Å²) in [5.41, 5.74) is 1.82. The lowest BCUT2D eigenvalue weighted by atomic mass is 10.1. The number of thiazole rings is 1. The molecule has 104 valence electrons. The van der Waals surface area contributed by atoms with Crippen LogP contribution in [0.15, 0.2) is 29.6 Å². The molecule has 6 heteroatoms. The van der Waals surface area contributed by atoms with Crippen molar-refractivity contribution in [3.05, 3.63) is 40.2 Å². The van der Waals surface area contributed by atoms with Gasteiger partial charge in [0.1, 0.15) is 11.1 Å². The highest BCUT2D eigenvalue weighted by molar-refractivity contribution is 7.10. The Hall–Kier alpha value is -1.76. The molecule has 0 radical (unpaired) electrons. The molecule has 1 atom stereocenters. The van der Waals surface area contributed by atoms with E-state index in [1.54, 1.807) is 18.2 Å². The van der Waals surface area contributed by atoms with Crippen LogP contribution in [0.4, 0.5) is 0 Å². The number of aromatic nitrogens is 1. The van der Waals surface area contributed by atoms with Gasteiger partial charge in [-0.05, 0) is 12.1 Å². The summed E-state index contributed by atoms with van der Waals surface area (Å²) in [4.78, 5) is 15.5. The molecule has 0 amide bonds. The molecule has 1 N–H and O–H groups in total. The highest BCUT2D eigenvalue weighted by atomic mass is 32.1. The average molecular weight is 291 g/mol. The minimum atomic E-state index is -0.939. The van der Waals surface area contributed by atoms with E-state index in [1.807, 2.05) is 11.4 Å². The number of benzene rings is 1. The van der Waals surface area contributed by atoms with Crippen LogP contribution >= 0.6 is 11.3 Å². The molecule has 1 aromatic heterocycles. The van der Waals surface area contributed by atoms with Gasteiger partial charge in [0.15, 0.2) is 0 Å². The van der Waals surface area contributed by atoms with E-state index in [9.17, 15) is 4.79 Å². The number of ether oxygens (including phenoxy) is 2. The van der Waals surface area contributed by atoms with Gasteiger partial charge in [0.2, 0.25) is 0 Å². The molecule has 1 unspecified atom stereocenters. The fraction of sp³-hybridized carbons (Fsp3) is 0.286. The maximum atomic E-state index is 11.0. The summed E-state index contributed by atoms with van der Waals surface area (Å²) in [5.74, 6) is -0.939. The van der Waals surface area contributed by atoms with Crippen molar-refractivity contribution < 1.29 is 19.4 Å². The minimum absolute atomic E-state index is 0.120. The molecule has 20 heavy (non-hydrogen) atoms. The van der Waals surface area contributed by atoms with Crippen LogP contribution in [-0.2, 0) is 9.47 Å². The molecule has 1 aromatic carbocycles. The second-order valence-corrected chi connectivity index (χ2v) is 5.28. The van der Waals surface area contributed by atoms with E-state index < -0.39 is 5.97 Å². The second-order valence-electron chi connectivity index (χ2n) is 4.39. The molecule has 1 aliphatic heterocycles. The second kappa shape index (κ2) is 5.70. The maximum absolute atomic E-state index is 11.0. The van der Waals surface area contributed by atoms with Gasteiger partial charge in [-0.25, -0.2) is 9.78 Å². The quantitative estimate of drug-likeness (QED) is 0.941. The van der Waals surface area contributed by atoms with Crippen LogP contribution in [0.25, 0.3) is 11.3 Å². The maximum Gasteiger partial charge on any atom is 0.335 e. The predicted octanol–water partition coefficient (Wildman–Crippen LogP) is 2.60. The molecule has 2 aromatic rings. The van der Waals surface area contributed by atoms with Gasteiger partial charge >= 0.3 is 5.97 Å². The standard InChI is InChI=1S/C14H13NO4S/c16-14(17)10-3-1-2-9(6-10)11-8-20-13(15-11)12-7-18-4-5-19-12/h1-3,6,8,12H,4-5,7H2,(H,16,17). The smallest absolute Gasteiger partial charge is 0.335 e. The Kier molecular flexibility index (Phi) is 3.77. The Balaban J connectivity index is 1.85. The summed E-state index contributed by atoms with van der Waals surface area (Å²) in [6.45, 7) is 1.71. The van der Waals surface area contributed by atoms with E-state index in [2.05, 4.69) is 4.98 Å². The van der Waals surface area contributed by atoms with Gasteiger partial charge in [-0.15, -0.1) is 11.3 Å². The van der Waals surface area contributed by atoms with E-state index in [4.69, 9.17) is 14.6 Å². The summed E-state index contributed by atoms with van der Waals surface area (Å²) in [6, 6.07) is 6.76. The van der Waals surface area contributed by atoms with Crippen molar-refractivity contribution in [2.24, 2.45) is 0 Å². The Bertz CT molecular complexity index is 619. The summed E-state index contributed by atoms with van der Waals surface area (Å²) in [6.07, 6.45) is -0.120. The molecule has 0 saturated carbocycles. The molecule has 3 rings (SSSR count). The van der Waals surface area contributed by atoms with Crippen LogP contribution in [0.1, 0.15) is 21.5 Å². The van der Waals surface area contributed by atoms with E-state index >= 15 is 0 Å². The zero-order valence-corrected chi connectivity index (χ0v) is 11.4. The van der Waals surface area contributed by atoms with E-state index in [-0.39, 0.29) is 11.7 Å². The van der Waals surface area contributed by atoms with Crippen molar-refractivity contribution in [1.29, 1.82) is 0 Å². The van der Waals surface area contributed by atoms with Crippen molar-refractivity contribution in [1.82, 2.24) is 4.98 Å². The number of hydrogen-bond donors (Lipinski definition) is 1. The van der Waals surface area contributed by atoms with Crippen molar-refractivity contribution in [3.63, 3.8) is 0 Å². The molecule has 0 spiro atoms. The third kappa shape index (κ3) is 2.72. The van der Waals surface area contributed by atoms with Gasteiger partial charge in [-0.1, -0.05) is 12.1 Å². The average Bonchev–Trinajstić information content (AvgIpc) is 2.98. The van der Waals surface area contributed by atoms with Gasteiger partial charge in [0.25, 0.3) is 0 Å². The van der Waals surface area contributed by atoms with Crippen molar-refractivity contribution in [2.45, 2.75) is 6.10 Å². The lowest BCUT2D eigenvalue weighted by molar-refractivity contribution is -0.0901. The monoisotopic (exact) mass is 291 g/mol. The molecular weight excluding hydrogens is 278 g/mol. The topological polar surface area (TPSA) is 68.7 Å². The van der Waals surface area contributed by atoms with Crippen molar-refractivity contribution in [2.75, 3.05) is 19.8 Å². The molecule has 2 heterocycles. The number of nitrogens with zero attached hydrogens (tertiary/aromatic N) is 1. The largest absolute Gasteiger partial charge is 0.478 e. The Morgan fingerprint density at radius 1 is 1.40 bits per heavy atom. The van der Waals surface area contributed by atoms with E-state index in [1.165, 1.54) is 11.3 Å². The SMILES string of the molecule is O=C(O)c1cccc(-c2csc(C3COCCO3)n2)c1. The number of carbonyl (C=O) groups is 1. The summed E-state index contributed by atoms with van der Waals surface area (Å²) >= 11 is 1.50. The summed E-state index contributed by atoms with van der Waals surface area (Å²) < 4.78 is 11.0. The zero-order valence-electron chi connectivity index (χ0n) is 10.6. The number of rotatable bonds is 3. The van der Waals surface area contributed by atoms with Crippen LogP contribution in [0.5, 0.6) is 0 Å². The molecular formula is C14H13NO4S. The van der Waals surface area contributed by atoms with Gasteiger partial charge in [0, 0.05) is 10.9 Å². The molecule has 1 saturated heterocycles. The predicted molar refractivity (Wildman–Crippen MR) is 74.0 cm³/mol. The Labute approximate surface area is 119 Å². The highest BCUT2D eigenvalue weighted by Crippen LogP contribution is 2.29. The van der Waals surface area contributed by atoms with Gasteiger partial charge in [-0.3, -0.25) is 0 Å². The van der Waals surface area contributed by atoms with Crippen LogP contribution in [0, 0.1) is 0 Å². The molecule has 1 aliphatic rings. The number of carboxylic acids is 1.